The van der Waals surface area contributed by atoms with Crippen molar-refractivity contribution < 1.29 is 22.0 Å². The van der Waals surface area contributed by atoms with Crippen molar-refractivity contribution in [3.63, 3.8) is 0 Å². The van der Waals surface area contributed by atoms with Gasteiger partial charge in [0.2, 0.25) is 15.9 Å². The number of carbonyl (C=O) groups excluding carboxylic acids is 1. The summed E-state index contributed by atoms with van der Waals surface area (Å²) in [5, 5.41) is 2.71. The van der Waals surface area contributed by atoms with E-state index in [0.29, 0.717) is 31.4 Å². The van der Waals surface area contributed by atoms with Crippen LogP contribution in [0.1, 0.15) is 18.4 Å². The van der Waals surface area contributed by atoms with Crippen LogP contribution in [-0.2, 0) is 21.2 Å². The van der Waals surface area contributed by atoms with Gasteiger partial charge in [-0.15, -0.1) is 0 Å². The maximum atomic E-state index is 13.1. The van der Waals surface area contributed by atoms with Crippen LogP contribution in [0.5, 0.6) is 0 Å². The summed E-state index contributed by atoms with van der Waals surface area (Å²) in [6, 6.07) is 3.24. The van der Waals surface area contributed by atoms with Crippen LogP contribution in [0.2, 0.25) is 0 Å². The molecule has 1 saturated heterocycles. The Balaban J connectivity index is 1.85. The number of carbonyl (C=O) groups is 1. The predicted octanol–water partition coefficient (Wildman–Crippen LogP) is 1.30. The second-order valence-corrected chi connectivity index (χ2v) is 7.76. The molecule has 1 aromatic rings. The summed E-state index contributed by atoms with van der Waals surface area (Å²) in [4.78, 5) is 12.1. The summed E-state index contributed by atoms with van der Waals surface area (Å²) in [7, 11) is -3.30. The van der Waals surface area contributed by atoms with E-state index in [-0.39, 0.29) is 24.9 Å². The molecule has 1 heterocycles. The number of rotatable bonds is 5. The highest BCUT2D eigenvalue weighted by Crippen LogP contribution is 2.18. The van der Waals surface area contributed by atoms with Crippen LogP contribution in [0.15, 0.2) is 18.2 Å². The maximum absolute atomic E-state index is 13.1. The Kier molecular flexibility index (Phi) is 5.69. The van der Waals surface area contributed by atoms with Gasteiger partial charge in [-0.2, -0.15) is 0 Å². The molecule has 23 heavy (non-hydrogen) atoms. The van der Waals surface area contributed by atoms with Crippen molar-refractivity contribution in [3.05, 3.63) is 35.4 Å². The molecule has 1 aliphatic rings. The Hall–Kier alpha value is -1.54. The number of hydrogen-bond acceptors (Lipinski definition) is 3. The number of benzene rings is 1. The molecule has 0 spiro atoms. The first-order valence-corrected chi connectivity index (χ1v) is 9.28. The molecule has 0 radical (unpaired) electrons. The van der Waals surface area contributed by atoms with Gasteiger partial charge in [-0.05, 0) is 37.0 Å². The van der Waals surface area contributed by atoms with Gasteiger partial charge < -0.3 is 5.32 Å². The fraction of sp³-hybridized carbons (Fsp3) is 0.533. The Morgan fingerprint density at radius 3 is 2.57 bits per heavy atom. The first-order chi connectivity index (χ1) is 10.8. The molecule has 1 aromatic carbocycles. The molecule has 1 fully saturated rings. The number of piperidine rings is 1. The lowest BCUT2D eigenvalue weighted by Gasteiger charge is -2.30. The molecule has 1 amide bonds. The lowest BCUT2D eigenvalue weighted by molar-refractivity contribution is -0.126. The van der Waals surface area contributed by atoms with E-state index >= 15 is 0 Å². The van der Waals surface area contributed by atoms with Crippen LogP contribution in [-0.4, -0.2) is 44.5 Å². The van der Waals surface area contributed by atoms with Crippen LogP contribution in [0, 0.1) is 17.6 Å². The van der Waals surface area contributed by atoms with E-state index in [2.05, 4.69) is 5.32 Å². The summed E-state index contributed by atoms with van der Waals surface area (Å²) >= 11 is 0. The summed E-state index contributed by atoms with van der Waals surface area (Å²) < 4.78 is 50.5. The zero-order valence-electron chi connectivity index (χ0n) is 12.9. The van der Waals surface area contributed by atoms with Gasteiger partial charge in [0.25, 0.3) is 0 Å². The lowest BCUT2D eigenvalue weighted by atomic mass is 9.99. The Labute approximate surface area is 134 Å². The van der Waals surface area contributed by atoms with E-state index < -0.39 is 21.7 Å². The Morgan fingerprint density at radius 2 is 1.96 bits per heavy atom. The first kappa shape index (κ1) is 17.8. The molecule has 0 aromatic heterocycles. The zero-order chi connectivity index (χ0) is 17.0. The fourth-order valence-electron chi connectivity index (χ4n) is 2.69. The normalized spacial score (nSPS) is 19.5. The van der Waals surface area contributed by atoms with Crippen molar-refractivity contribution in [1.29, 1.82) is 0 Å². The van der Waals surface area contributed by atoms with E-state index in [9.17, 15) is 22.0 Å². The monoisotopic (exact) mass is 346 g/mol. The smallest absolute Gasteiger partial charge is 0.224 e. The molecule has 5 nitrogen and oxygen atoms in total. The van der Waals surface area contributed by atoms with Crippen molar-refractivity contribution in [2.75, 3.05) is 25.9 Å². The third kappa shape index (κ3) is 5.24. The molecule has 0 bridgehead atoms. The molecule has 128 valence electrons. The molecule has 0 aliphatic carbocycles. The van der Waals surface area contributed by atoms with Gasteiger partial charge >= 0.3 is 0 Å². The second-order valence-electron chi connectivity index (χ2n) is 5.78. The average Bonchev–Trinajstić information content (AvgIpc) is 2.45. The predicted molar refractivity (Wildman–Crippen MR) is 82.2 cm³/mol. The number of nitrogens with one attached hydrogen (secondary N) is 1. The lowest BCUT2D eigenvalue weighted by Crippen LogP contribution is -2.45. The highest BCUT2D eigenvalue weighted by Gasteiger charge is 2.29. The Bertz CT molecular complexity index is 659. The number of sulfonamides is 1. The van der Waals surface area contributed by atoms with E-state index in [1.807, 2.05) is 0 Å². The summed E-state index contributed by atoms with van der Waals surface area (Å²) in [6.07, 6.45) is 2.71. The van der Waals surface area contributed by atoms with E-state index in [0.717, 1.165) is 12.3 Å². The molecule has 1 N–H and O–H groups in total. The van der Waals surface area contributed by atoms with Crippen molar-refractivity contribution >= 4 is 15.9 Å². The highest BCUT2D eigenvalue weighted by molar-refractivity contribution is 7.88. The molecule has 0 unspecified atom stereocenters. The van der Waals surface area contributed by atoms with Crippen LogP contribution in [0.3, 0.4) is 0 Å². The molecule has 2 rings (SSSR count). The second kappa shape index (κ2) is 7.35. The minimum Gasteiger partial charge on any atom is -0.355 e. The Morgan fingerprint density at radius 1 is 1.30 bits per heavy atom. The van der Waals surface area contributed by atoms with Gasteiger partial charge in [0, 0.05) is 25.7 Å². The molecule has 1 atom stereocenters. The van der Waals surface area contributed by atoms with Crippen molar-refractivity contribution in [2.24, 2.45) is 5.92 Å². The van der Waals surface area contributed by atoms with Crippen molar-refractivity contribution in [3.8, 4) is 0 Å². The number of nitrogens with zero attached hydrogens (tertiary/aromatic N) is 1. The van der Waals surface area contributed by atoms with Crippen molar-refractivity contribution in [1.82, 2.24) is 9.62 Å². The van der Waals surface area contributed by atoms with Gasteiger partial charge in [-0.3, -0.25) is 4.79 Å². The summed E-state index contributed by atoms with van der Waals surface area (Å²) in [5.74, 6) is -1.91. The number of halogens is 2. The highest BCUT2D eigenvalue weighted by atomic mass is 32.2. The van der Waals surface area contributed by atoms with Gasteiger partial charge in [0.15, 0.2) is 0 Å². The van der Waals surface area contributed by atoms with Gasteiger partial charge in [-0.1, -0.05) is 0 Å². The van der Waals surface area contributed by atoms with Crippen LogP contribution < -0.4 is 5.32 Å². The van der Waals surface area contributed by atoms with Crippen LogP contribution in [0.4, 0.5) is 8.78 Å². The van der Waals surface area contributed by atoms with Crippen LogP contribution in [0.25, 0.3) is 0 Å². The largest absolute Gasteiger partial charge is 0.355 e. The van der Waals surface area contributed by atoms with E-state index in [1.54, 1.807) is 0 Å². The molecule has 1 aliphatic heterocycles. The molecular formula is C15H20F2N2O3S. The minimum atomic E-state index is -3.30. The number of amides is 1. The SMILES string of the molecule is CS(=O)(=O)N1CCC[C@H](C(=O)NCCc2cc(F)cc(F)c2)C1. The third-order valence-electron chi connectivity index (χ3n) is 3.86. The van der Waals surface area contributed by atoms with Crippen LogP contribution >= 0.6 is 0 Å². The summed E-state index contributed by atoms with van der Waals surface area (Å²) in [6.45, 7) is 0.863. The average molecular weight is 346 g/mol. The fourth-order valence-corrected chi connectivity index (χ4v) is 3.60. The minimum absolute atomic E-state index is 0.180. The van der Waals surface area contributed by atoms with Gasteiger partial charge in [0.05, 0.1) is 12.2 Å². The van der Waals surface area contributed by atoms with Gasteiger partial charge in [-0.25, -0.2) is 21.5 Å². The van der Waals surface area contributed by atoms with E-state index in [4.69, 9.17) is 0 Å². The van der Waals surface area contributed by atoms with Crippen molar-refractivity contribution in [2.45, 2.75) is 19.3 Å². The quantitative estimate of drug-likeness (QED) is 0.874. The maximum Gasteiger partial charge on any atom is 0.224 e. The molecule has 8 heteroatoms. The third-order valence-corrected chi connectivity index (χ3v) is 5.13. The summed E-state index contributed by atoms with van der Waals surface area (Å²) in [5.41, 5.74) is 0.462. The molecule has 0 saturated carbocycles. The zero-order valence-corrected chi connectivity index (χ0v) is 13.7. The standard InChI is InChI=1S/C15H20F2N2O3S/c1-23(21,22)19-6-2-3-12(10-19)15(20)18-5-4-11-7-13(16)9-14(17)8-11/h7-9,12H,2-6,10H2,1H3,(H,18,20)/t12-/m0/s1. The topological polar surface area (TPSA) is 66.5 Å². The number of hydrogen-bond donors (Lipinski definition) is 1. The van der Waals surface area contributed by atoms with Gasteiger partial charge in [0.1, 0.15) is 11.6 Å². The first-order valence-electron chi connectivity index (χ1n) is 7.43. The molecular weight excluding hydrogens is 326 g/mol. The van der Waals surface area contributed by atoms with E-state index in [1.165, 1.54) is 16.4 Å².